The maximum absolute atomic E-state index is 13.3. The highest BCUT2D eigenvalue weighted by molar-refractivity contribution is 6.47. The lowest BCUT2D eigenvalue weighted by molar-refractivity contribution is -0.136. The molecule has 0 saturated heterocycles. The van der Waals surface area contributed by atoms with Gasteiger partial charge in [-0.1, -0.05) is 67.6 Å². The molecule has 1 aliphatic carbocycles. The van der Waals surface area contributed by atoms with Crippen LogP contribution in [0.3, 0.4) is 0 Å². The van der Waals surface area contributed by atoms with Crippen LogP contribution in [0.4, 0.5) is 0 Å². The van der Waals surface area contributed by atoms with E-state index < -0.39 is 5.66 Å². The van der Waals surface area contributed by atoms with Crippen LogP contribution in [0.15, 0.2) is 65.7 Å². The third-order valence-corrected chi connectivity index (χ3v) is 6.50. The zero-order valence-electron chi connectivity index (χ0n) is 18.2. The van der Waals surface area contributed by atoms with Gasteiger partial charge in [-0.3, -0.25) is 14.6 Å². The minimum Gasteiger partial charge on any atom is -0.355 e. The van der Waals surface area contributed by atoms with E-state index in [0.717, 1.165) is 44.1 Å². The molecule has 2 amide bonds. The Kier molecular flexibility index (Phi) is 6.50. The summed E-state index contributed by atoms with van der Waals surface area (Å²) in [5.41, 5.74) is 2.02. The van der Waals surface area contributed by atoms with Gasteiger partial charge in [-0.25, -0.2) is 0 Å². The molecule has 0 atom stereocenters. The third kappa shape index (κ3) is 4.87. The molecule has 1 saturated carbocycles. The fourth-order valence-electron chi connectivity index (χ4n) is 4.61. The van der Waals surface area contributed by atoms with Crippen LogP contribution >= 0.6 is 0 Å². The molecule has 1 aliphatic heterocycles. The first kappa shape index (κ1) is 21.3. The normalized spacial score (nSPS) is 23.1. The summed E-state index contributed by atoms with van der Waals surface area (Å²) in [6, 6.07) is 19.9. The van der Waals surface area contributed by atoms with Crippen molar-refractivity contribution in [1.29, 1.82) is 0 Å². The Balaban J connectivity index is 1.41. The van der Waals surface area contributed by atoms with Crippen molar-refractivity contribution in [2.24, 2.45) is 10.9 Å². The van der Waals surface area contributed by atoms with Crippen molar-refractivity contribution in [3.63, 3.8) is 0 Å². The zero-order valence-corrected chi connectivity index (χ0v) is 18.2. The average molecular weight is 418 g/mol. The number of hydrogen-bond donors (Lipinski definition) is 1. The molecule has 0 radical (unpaired) electrons. The average Bonchev–Trinajstić information content (AvgIpc) is 3.06. The van der Waals surface area contributed by atoms with E-state index in [-0.39, 0.29) is 18.4 Å². The smallest absolute Gasteiger partial charge is 0.275 e. The van der Waals surface area contributed by atoms with E-state index in [0.29, 0.717) is 18.2 Å². The second-order valence-electron chi connectivity index (χ2n) is 8.82. The largest absolute Gasteiger partial charge is 0.355 e. The summed E-state index contributed by atoms with van der Waals surface area (Å²) in [5.74, 6) is 0.398. The Bertz CT molecular complexity index is 932. The predicted molar refractivity (Wildman–Crippen MR) is 123 cm³/mol. The molecule has 1 N–H and O–H groups in total. The van der Waals surface area contributed by atoms with Crippen molar-refractivity contribution in [2.45, 2.75) is 51.1 Å². The van der Waals surface area contributed by atoms with Crippen molar-refractivity contribution in [1.82, 2.24) is 10.2 Å². The van der Waals surface area contributed by atoms with Crippen LogP contribution in [0.2, 0.25) is 0 Å². The second kappa shape index (κ2) is 9.46. The molecule has 0 aromatic heterocycles. The number of amides is 2. The van der Waals surface area contributed by atoms with Crippen LogP contribution in [0, 0.1) is 5.92 Å². The molecule has 2 aromatic rings. The summed E-state index contributed by atoms with van der Waals surface area (Å²) in [6.07, 6.45) is 5.47. The van der Waals surface area contributed by atoms with Gasteiger partial charge in [-0.05, 0) is 50.0 Å². The summed E-state index contributed by atoms with van der Waals surface area (Å²) in [6.45, 7) is 2.92. The lowest BCUT2D eigenvalue weighted by atomic mass is 9.82. The number of nitrogens with one attached hydrogen (secondary N) is 1. The molecule has 1 fully saturated rings. The molecule has 0 bridgehead atoms. The van der Waals surface area contributed by atoms with E-state index in [1.54, 1.807) is 4.90 Å². The number of nitrogens with zero attached hydrogens (tertiary/aromatic N) is 2. The van der Waals surface area contributed by atoms with Gasteiger partial charge >= 0.3 is 0 Å². The number of carbonyl (C=O) groups is 2. The third-order valence-electron chi connectivity index (χ3n) is 6.50. The molecule has 0 unspecified atom stereocenters. The first-order valence-electron chi connectivity index (χ1n) is 11.4. The molecule has 1 spiro atoms. The SMILES string of the molecule is CC1CCC2(CC1)N=C(c1ccccc1)C(=O)N2CC(=O)NCCCc1ccccc1. The maximum Gasteiger partial charge on any atom is 0.275 e. The van der Waals surface area contributed by atoms with Crippen LogP contribution in [0.1, 0.15) is 50.2 Å². The summed E-state index contributed by atoms with van der Waals surface area (Å²) in [4.78, 5) is 32.7. The topological polar surface area (TPSA) is 61.8 Å². The molecular weight excluding hydrogens is 386 g/mol. The molecule has 1 heterocycles. The van der Waals surface area contributed by atoms with Crippen molar-refractivity contribution < 1.29 is 9.59 Å². The van der Waals surface area contributed by atoms with Crippen LogP contribution in [-0.4, -0.2) is 41.2 Å². The van der Waals surface area contributed by atoms with Gasteiger partial charge in [0.2, 0.25) is 5.91 Å². The number of hydrogen-bond acceptors (Lipinski definition) is 3. The highest BCUT2D eigenvalue weighted by Gasteiger charge is 2.49. The Labute approximate surface area is 184 Å². The Hall–Kier alpha value is -2.95. The van der Waals surface area contributed by atoms with E-state index in [1.165, 1.54) is 5.56 Å². The molecule has 4 rings (SSSR count). The Morgan fingerprint density at radius 3 is 2.39 bits per heavy atom. The standard InChI is InChI=1S/C26H31N3O2/c1-20-14-16-26(17-15-20)28-24(22-12-6-3-7-13-22)25(31)29(26)19-23(30)27-18-8-11-21-9-4-2-5-10-21/h2-7,9-10,12-13,20H,8,11,14-19H2,1H3,(H,27,30). The van der Waals surface area contributed by atoms with Gasteiger partial charge in [0.25, 0.3) is 5.91 Å². The van der Waals surface area contributed by atoms with Gasteiger partial charge in [0.15, 0.2) is 0 Å². The summed E-state index contributed by atoms with van der Waals surface area (Å²) in [5, 5.41) is 3.00. The van der Waals surface area contributed by atoms with Gasteiger partial charge < -0.3 is 10.2 Å². The number of rotatable bonds is 7. The number of aliphatic imine (C=N–C) groups is 1. The first-order chi connectivity index (χ1) is 15.1. The molecule has 31 heavy (non-hydrogen) atoms. The zero-order chi connectivity index (χ0) is 21.7. The molecule has 162 valence electrons. The van der Waals surface area contributed by atoms with Crippen LogP contribution in [0.25, 0.3) is 0 Å². The van der Waals surface area contributed by atoms with Gasteiger partial charge in [-0.15, -0.1) is 0 Å². The van der Waals surface area contributed by atoms with Crippen LogP contribution in [-0.2, 0) is 16.0 Å². The van der Waals surface area contributed by atoms with E-state index in [2.05, 4.69) is 24.4 Å². The molecule has 5 heteroatoms. The van der Waals surface area contributed by atoms with E-state index in [1.807, 2.05) is 48.5 Å². The van der Waals surface area contributed by atoms with E-state index >= 15 is 0 Å². The minimum absolute atomic E-state index is 0.0678. The van der Waals surface area contributed by atoms with Crippen molar-refractivity contribution in [2.75, 3.05) is 13.1 Å². The lowest BCUT2D eigenvalue weighted by Gasteiger charge is -2.40. The fraction of sp³-hybridized carbons (Fsp3) is 0.423. The summed E-state index contributed by atoms with van der Waals surface area (Å²) < 4.78 is 0. The van der Waals surface area contributed by atoms with E-state index in [9.17, 15) is 9.59 Å². The monoisotopic (exact) mass is 417 g/mol. The maximum atomic E-state index is 13.3. The van der Waals surface area contributed by atoms with Gasteiger partial charge in [0.05, 0.1) is 0 Å². The molecule has 2 aliphatic rings. The fourth-order valence-corrected chi connectivity index (χ4v) is 4.61. The highest BCUT2D eigenvalue weighted by atomic mass is 16.2. The number of benzene rings is 2. The minimum atomic E-state index is -0.573. The second-order valence-corrected chi connectivity index (χ2v) is 8.82. The van der Waals surface area contributed by atoms with Crippen molar-refractivity contribution in [3.8, 4) is 0 Å². The van der Waals surface area contributed by atoms with Gasteiger partial charge in [0.1, 0.15) is 17.9 Å². The van der Waals surface area contributed by atoms with Crippen LogP contribution in [0.5, 0.6) is 0 Å². The molecule has 5 nitrogen and oxygen atoms in total. The number of aryl methyl sites for hydroxylation is 1. The summed E-state index contributed by atoms with van der Waals surface area (Å²) >= 11 is 0. The number of carbonyl (C=O) groups excluding carboxylic acids is 2. The van der Waals surface area contributed by atoms with Crippen molar-refractivity contribution in [3.05, 3.63) is 71.8 Å². The predicted octanol–water partition coefficient (Wildman–Crippen LogP) is 3.97. The quantitative estimate of drug-likeness (QED) is 0.693. The van der Waals surface area contributed by atoms with Crippen molar-refractivity contribution >= 4 is 17.5 Å². The summed E-state index contributed by atoms with van der Waals surface area (Å²) in [7, 11) is 0. The first-order valence-corrected chi connectivity index (χ1v) is 11.4. The Morgan fingerprint density at radius 1 is 1.06 bits per heavy atom. The molecule has 2 aromatic carbocycles. The Morgan fingerprint density at radius 2 is 1.71 bits per heavy atom. The van der Waals surface area contributed by atoms with Gasteiger partial charge in [0, 0.05) is 12.1 Å². The van der Waals surface area contributed by atoms with Crippen LogP contribution < -0.4 is 5.32 Å². The lowest BCUT2D eigenvalue weighted by Crippen LogP contribution is -2.52. The van der Waals surface area contributed by atoms with E-state index in [4.69, 9.17) is 4.99 Å². The molecular formula is C26H31N3O2. The highest BCUT2D eigenvalue weighted by Crippen LogP contribution is 2.41. The van der Waals surface area contributed by atoms with Gasteiger partial charge in [-0.2, -0.15) is 0 Å².